The summed E-state index contributed by atoms with van der Waals surface area (Å²) in [5.41, 5.74) is 1.18. The van der Waals surface area contributed by atoms with Gasteiger partial charge in [-0.3, -0.25) is 0 Å². The second-order valence-electron chi connectivity index (χ2n) is 4.38. The molecule has 0 fully saturated rings. The van der Waals surface area contributed by atoms with Crippen molar-refractivity contribution in [2.24, 2.45) is 0 Å². The Hall–Kier alpha value is -1.82. The third-order valence-electron chi connectivity index (χ3n) is 2.58. The Bertz CT molecular complexity index is 598. The van der Waals surface area contributed by atoms with E-state index in [0.29, 0.717) is 22.9 Å². The van der Waals surface area contributed by atoms with Crippen LogP contribution in [0.2, 0.25) is 0 Å². The summed E-state index contributed by atoms with van der Waals surface area (Å²) in [7, 11) is 0. The first-order valence-corrected chi connectivity index (χ1v) is 7.60. The van der Waals surface area contributed by atoms with Crippen molar-refractivity contribution in [2.45, 2.75) is 20.0 Å². The van der Waals surface area contributed by atoms with Crippen molar-refractivity contribution in [1.82, 2.24) is 10.2 Å². The van der Waals surface area contributed by atoms with Gasteiger partial charge >= 0.3 is 5.97 Å². The van der Waals surface area contributed by atoms with E-state index < -0.39 is 0 Å². The molecule has 6 heteroatoms. The largest absolute Gasteiger partial charge is 0.458 e. The van der Waals surface area contributed by atoms with Crippen LogP contribution < -0.4 is 0 Å². The van der Waals surface area contributed by atoms with Gasteiger partial charge in [0.1, 0.15) is 6.10 Å². The van der Waals surface area contributed by atoms with E-state index in [-0.39, 0.29) is 12.1 Å². The van der Waals surface area contributed by atoms with E-state index >= 15 is 0 Å². The maximum Gasteiger partial charge on any atom is 0.338 e. The fraction of sp³-hybridized carbons (Fsp3) is 0.357. The number of esters is 1. The minimum atomic E-state index is -0.343. The molecule has 5 nitrogen and oxygen atoms in total. The zero-order valence-electron chi connectivity index (χ0n) is 11.6. The van der Waals surface area contributed by atoms with Gasteiger partial charge in [-0.15, -0.1) is 10.2 Å². The zero-order valence-corrected chi connectivity index (χ0v) is 12.4. The molecule has 0 aliphatic rings. The van der Waals surface area contributed by atoms with Crippen molar-refractivity contribution in [1.29, 1.82) is 0 Å². The molecule has 0 bridgehead atoms. The number of thioether (sulfide) groups is 1. The highest BCUT2D eigenvalue weighted by Crippen LogP contribution is 2.19. The van der Waals surface area contributed by atoms with Crippen LogP contribution in [0, 0.1) is 6.92 Å². The molecule has 1 heterocycles. The second kappa shape index (κ2) is 6.56. The molecule has 0 amide bonds. The summed E-state index contributed by atoms with van der Waals surface area (Å²) in [6, 6.07) is 6.99. The standard InChI is InChI=1S/C14H16N2O3S/c1-9(8-20-3)18-14(17)12-6-4-5-11(7-12)13-16-15-10(2)19-13/h4-7,9H,8H2,1-3H3. The van der Waals surface area contributed by atoms with Gasteiger partial charge in [-0.1, -0.05) is 6.07 Å². The number of aromatic nitrogens is 2. The van der Waals surface area contributed by atoms with Crippen LogP contribution in [0.1, 0.15) is 23.2 Å². The van der Waals surface area contributed by atoms with Crippen molar-refractivity contribution >= 4 is 17.7 Å². The topological polar surface area (TPSA) is 65.2 Å². The lowest BCUT2D eigenvalue weighted by atomic mass is 10.1. The lowest BCUT2D eigenvalue weighted by molar-refractivity contribution is 0.0386. The van der Waals surface area contributed by atoms with E-state index in [0.717, 1.165) is 5.75 Å². The van der Waals surface area contributed by atoms with Crippen LogP contribution in [0.4, 0.5) is 0 Å². The molecular weight excluding hydrogens is 276 g/mol. The van der Waals surface area contributed by atoms with E-state index in [1.54, 1.807) is 36.9 Å². The number of hydrogen-bond donors (Lipinski definition) is 0. The van der Waals surface area contributed by atoms with Crippen LogP contribution in [-0.2, 0) is 4.74 Å². The Kier molecular flexibility index (Phi) is 4.79. The fourth-order valence-electron chi connectivity index (χ4n) is 1.71. The number of aryl methyl sites for hydroxylation is 1. The summed E-state index contributed by atoms with van der Waals surface area (Å²) in [6.45, 7) is 3.60. The Labute approximate surface area is 121 Å². The molecule has 20 heavy (non-hydrogen) atoms. The Morgan fingerprint density at radius 1 is 1.45 bits per heavy atom. The first-order chi connectivity index (χ1) is 9.60. The third kappa shape index (κ3) is 3.60. The first kappa shape index (κ1) is 14.6. The number of nitrogens with zero attached hydrogens (tertiary/aromatic N) is 2. The van der Waals surface area contributed by atoms with Gasteiger partial charge in [0, 0.05) is 18.2 Å². The van der Waals surface area contributed by atoms with E-state index in [2.05, 4.69) is 10.2 Å². The number of carbonyl (C=O) groups excluding carboxylic acids is 1. The molecule has 1 aromatic carbocycles. The van der Waals surface area contributed by atoms with Gasteiger partial charge in [0.15, 0.2) is 0 Å². The number of hydrogen-bond acceptors (Lipinski definition) is 6. The number of ether oxygens (including phenoxy) is 1. The summed E-state index contributed by atoms with van der Waals surface area (Å²) >= 11 is 1.64. The van der Waals surface area contributed by atoms with Gasteiger partial charge in [0.25, 0.3) is 0 Å². The molecule has 0 radical (unpaired) electrons. The third-order valence-corrected chi connectivity index (χ3v) is 3.38. The summed E-state index contributed by atoms with van der Waals surface area (Å²) in [6.07, 6.45) is 1.86. The maximum atomic E-state index is 12.0. The summed E-state index contributed by atoms with van der Waals surface area (Å²) in [5.74, 6) is 1.31. The molecule has 2 aromatic rings. The minimum Gasteiger partial charge on any atom is -0.458 e. The molecule has 106 valence electrons. The normalized spacial score (nSPS) is 12.2. The molecule has 0 aliphatic carbocycles. The first-order valence-electron chi connectivity index (χ1n) is 6.20. The molecular formula is C14H16N2O3S. The number of benzene rings is 1. The predicted molar refractivity (Wildman–Crippen MR) is 77.7 cm³/mol. The van der Waals surface area contributed by atoms with E-state index in [9.17, 15) is 4.79 Å². The molecule has 0 aliphatic heterocycles. The smallest absolute Gasteiger partial charge is 0.338 e. The van der Waals surface area contributed by atoms with Crippen LogP contribution >= 0.6 is 11.8 Å². The highest BCUT2D eigenvalue weighted by atomic mass is 32.2. The summed E-state index contributed by atoms with van der Waals surface area (Å²) < 4.78 is 10.7. The quantitative estimate of drug-likeness (QED) is 0.789. The van der Waals surface area contributed by atoms with Crippen molar-refractivity contribution in [3.63, 3.8) is 0 Å². The fourth-order valence-corrected chi connectivity index (χ4v) is 2.25. The van der Waals surface area contributed by atoms with Gasteiger partial charge in [-0.25, -0.2) is 4.79 Å². The van der Waals surface area contributed by atoms with Gasteiger partial charge in [0.05, 0.1) is 5.56 Å². The van der Waals surface area contributed by atoms with Crippen molar-refractivity contribution < 1.29 is 13.9 Å². The van der Waals surface area contributed by atoms with Crippen molar-refractivity contribution in [2.75, 3.05) is 12.0 Å². The van der Waals surface area contributed by atoms with Crippen LogP contribution in [0.15, 0.2) is 28.7 Å². The van der Waals surface area contributed by atoms with E-state index in [1.807, 2.05) is 19.2 Å². The zero-order chi connectivity index (χ0) is 14.5. The lowest BCUT2D eigenvalue weighted by Crippen LogP contribution is -2.17. The average Bonchev–Trinajstić information content (AvgIpc) is 2.86. The monoisotopic (exact) mass is 292 g/mol. The van der Waals surface area contributed by atoms with Crippen LogP contribution in [-0.4, -0.2) is 34.3 Å². The van der Waals surface area contributed by atoms with E-state index in [1.165, 1.54) is 0 Å². The lowest BCUT2D eigenvalue weighted by Gasteiger charge is -2.11. The Balaban J connectivity index is 2.15. The molecule has 0 N–H and O–H groups in total. The SMILES string of the molecule is CSCC(C)OC(=O)c1cccc(-c2nnc(C)o2)c1. The van der Waals surface area contributed by atoms with Gasteiger partial charge in [-0.05, 0) is 31.4 Å². The molecule has 1 unspecified atom stereocenters. The van der Waals surface area contributed by atoms with E-state index in [4.69, 9.17) is 9.15 Å². The van der Waals surface area contributed by atoms with Gasteiger partial charge < -0.3 is 9.15 Å². The highest BCUT2D eigenvalue weighted by molar-refractivity contribution is 7.98. The van der Waals surface area contributed by atoms with Crippen LogP contribution in [0.25, 0.3) is 11.5 Å². The molecule has 0 saturated carbocycles. The molecule has 0 saturated heterocycles. The average molecular weight is 292 g/mol. The molecule has 0 spiro atoms. The number of rotatable bonds is 5. The van der Waals surface area contributed by atoms with Crippen LogP contribution in [0.5, 0.6) is 0 Å². The summed E-state index contributed by atoms with van der Waals surface area (Å²) in [5, 5.41) is 7.71. The Morgan fingerprint density at radius 2 is 2.25 bits per heavy atom. The van der Waals surface area contributed by atoms with Crippen LogP contribution in [0.3, 0.4) is 0 Å². The second-order valence-corrected chi connectivity index (χ2v) is 5.29. The summed E-state index contributed by atoms with van der Waals surface area (Å²) in [4.78, 5) is 12.0. The Morgan fingerprint density at radius 3 is 2.90 bits per heavy atom. The molecule has 1 atom stereocenters. The van der Waals surface area contributed by atoms with Crippen molar-refractivity contribution in [3.8, 4) is 11.5 Å². The highest BCUT2D eigenvalue weighted by Gasteiger charge is 2.14. The number of carbonyl (C=O) groups is 1. The van der Waals surface area contributed by atoms with Gasteiger partial charge in [0.2, 0.25) is 11.8 Å². The molecule has 2 rings (SSSR count). The maximum absolute atomic E-state index is 12.0. The van der Waals surface area contributed by atoms with Gasteiger partial charge in [-0.2, -0.15) is 11.8 Å². The minimum absolute atomic E-state index is 0.119. The van der Waals surface area contributed by atoms with Crippen molar-refractivity contribution in [3.05, 3.63) is 35.7 Å². The predicted octanol–water partition coefficient (Wildman–Crippen LogP) is 2.95. The molecule has 1 aromatic heterocycles.